The molecule has 3 atom stereocenters. The van der Waals surface area contributed by atoms with E-state index in [4.69, 9.17) is 9.47 Å². The maximum absolute atomic E-state index is 12.4. The summed E-state index contributed by atoms with van der Waals surface area (Å²) in [7, 11) is 1.57. The summed E-state index contributed by atoms with van der Waals surface area (Å²) in [6.07, 6.45) is 13.7. The number of aliphatic carboxylic acids is 1. The molecular formula is C25H38O5. The van der Waals surface area contributed by atoms with E-state index >= 15 is 0 Å². The zero-order chi connectivity index (χ0) is 21.8. The van der Waals surface area contributed by atoms with E-state index in [-0.39, 0.29) is 0 Å². The highest BCUT2D eigenvalue weighted by atomic mass is 16.6. The van der Waals surface area contributed by atoms with Gasteiger partial charge in [0.1, 0.15) is 17.8 Å². The van der Waals surface area contributed by atoms with Gasteiger partial charge in [-0.3, -0.25) is 9.59 Å². The maximum Gasteiger partial charge on any atom is 0.314 e. The van der Waals surface area contributed by atoms with E-state index in [2.05, 4.69) is 6.92 Å². The van der Waals surface area contributed by atoms with Gasteiger partial charge in [0.25, 0.3) is 0 Å². The van der Waals surface area contributed by atoms with Gasteiger partial charge in [0, 0.05) is 0 Å². The van der Waals surface area contributed by atoms with Gasteiger partial charge in [0.15, 0.2) is 0 Å². The summed E-state index contributed by atoms with van der Waals surface area (Å²) in [5, 5.41) is 9.75. The SMILES string of the molecule is CCCCCCCCCCCCC[C@@H]1OC(=O)[C@H](c2ccc(OC)cc2)[C@H]1C(=O)O. The number of esters is 1. The molecule has 168 valence electrons. The van der Waals surface area contributed by atoms with Crippen molar-refractivity contribution in [2.75, 3.05) is 7.11 Å². The molecule has 1 aromatic carbocycles. The van der Waals surface area contributed by atoms with Gasteiger partial charge in [-0.25, -0.2) is 0 Å². The molecule has 0 saturated carbocycles. The van der Waals surface area contributed by atoms with E-state index in [1.165, 1.54) is 51.4 Å². The molecule has 1 saturated heterocycles. The highest BCUT2D eigenvalue weighted by molar-refractivity contribution is 5.89. The summed E-state index contributed by atoms with van der Waals surface area (Å²) in [5.41, 5.74) is 0.676. The smallest absolute Gasteiger partial charge is 0.314 e. The van der Waals surface area contributed by atoms with Crippen LogP contribution >= 0.6 is 0 Å². The Hall–Kier alpha value is -2.04. The lowest BCUT2D eigenvalue weighted by molar-refractivity contribution is -0.144. The number of methoxy groups -OCH3 is 1. The lowest BCUT2D eigenvalue weighted by atomic mass is 9.83. The van der Waals surface area contributed by atoms with Crippen LogP contribution in [0.3, 0.4) is 0 Å². The van der Waals surface area contributed by atoms with Crippen molar-refractivity contribution in [3.63, 3.8) is 0 Å². The van der Waals surface area contributed by atoms with Crippen LogP contribution in [0.25, 0.3) is 0 Å². The van der Waals surface area contributed by atoms with Gasteiger partial charge in [0.2, 0.25) is 0 Å². The number of carboxylic acids is 1. The Morgan fingerprint density at radius 2 is 1.47 bits per heavy atom. The molecule has 1 aliphatic heterocycles. The Labute approximate surface area is 181 Å². The molecule has 0 aromatic heterocycles. The normalized spacial score (nSPS) is 20.9. The van der Waals surface area contributed by atoms with E-state index in [9.17, 15) is 14.7 Å². The van der Waals surface area contributed by atoms with Crippen LogP contribution in [-0.4, -0.2) is 30.3 Å². The molecular weight excluding hydrogens is 380 g/mol. The van der Waals surface area contributed by atoms with E-state index in [0.29, 0.717) is 17.7 Å². The third-order valence-electron chi connectivity index (χ3n) is 6.13. The number of benzene rings is 1. The molecule has 1 N–H and O–H groups in total. The lowest BCUT2D eigenvalue weighted by Crippen LogP contribution is -2.28. The van der Waals surface area contributed by atoms with Gasteiger partial charge in [-0.2, -0.15) is 0 Å². The monoisotopic (exact) mass is 418 g/mol. The fourth-order valence-electron chi connectivity index (χ4n) is 4.36. The number of carboxylic acid groups (broad SMARTS) is 1. The fraction of sp³-hybridized carbons (Fsp3) is 0.680. The topological polar surface area (TPSA) is 72.8 Å². The first-order chi connectivity index (χ1) is 14.6. The molecule has 5 nitrogen and oxygen atoms in total. The summed E-state index contributed by atoms with van der Waals surface area (Å²) in [6, 6.07) is 7.01. The third kappa shape index (κ3) is 7.33. The van der Waals surface area contributed by atoms with Crippen LogP contribution in [0.5, 0.6) is 5.75 Å². The van der Waals surface area contributed by atoms with Crippen molar-refractivity contribution < 1.29 is 24.2 Å². The Balaban J connectivity index is 1.72. The molecule has 0 aliphatic carbocycles. The summed E-state index contributed by atoms with van der Waals surface area (Å²) in [6.45, 7) is 2.24. The first-order valence-corrected chi connectivity index (χ1v) is 11.7. The Kier molecular flexibility index (Phi) is 10.7. The van der Waals surface area contributed by atoms with Crippen LogP contribution in [0.1, 0.15) is 95.5 Å². The summed E-state index contributed by atoms with van der Waals surface area (Å²) in [5.74, 6) is -2.29. The molecule has 0 spiro atoms. The van der Waals surface area contributed by atoms with Crippen molar-refractivity contribution in [1.82, 2.24) is 0 Å². The molecule has 1 aliphatic rings. The van der Waals surface area contributed by atoms with Gasteiger partial charge >= 0.3 is 11.9 Å². The van der Waals surface area contributed by atoms with Gasteiger partial charge in [0.05, 0.1) is 13.0 Å². The summed E-state index contributed by atoms with van der Waals surface area (Å²) in [4.78, 5) is 24.3. The van der Waals surface area contributed by atoms with E-state index in [1.54, 1.807) is 31.4 Å². The largest absolute Gasteiger partial charge is 0.497 e. The first-order valence-electron chi connectivity index (χ1n) is 11.7. The Morgan fingerprint density at radius 1 is 0.933 bits per heavy atom. The average molecular weight is 419 g/mol. The van der Waals surface area contributed by atoms with Crippen LogP contribution in [0.4, 0.5) is 0 Å². The first kappa shape index (κ1) is 24.2. The summed E-state index contributed by atoms with van der Waals surface area (Å²) >= 11 is 0. The average Bonchev–Trinajstić information content (AvgIpc) is 3.08. The Bertz CT molecular complexity index is 639. The minimum Gasteiger partial charge on any atom is -0.497 e. The molecule has 0 bridgehead atoms. The van der Waals surface area contributed by atoms with Crippen LogP contribution < -0.4 is 4.74 Å². The van der Waals surface area contributed by atoms with Crippen LogP contribution in [0.2, 0.25) is 0 Å². The van der Waals surface area contributed by atoms with Crippen molar-refractivity contribution in [3.05, 3.63) is 29.8 Å². The van der Waals surface area contributed by atoms with Crippen molar-refractivity contribution in [3.8, 4) is 5.75 Å². The van der Waals surface area contributed by atoms with Crippen LogP contribution in [0, 0.1) is 5.92 Å². The third-order valence-corrected chi connectivity index (χ3v) is 6.13. The standard InChI is InChI=1S/C25H38O5/c1-3-4-5-6-7-8-9-10-11-12-13-14-21-23(24(26)27)22(25(28)30-21)19-15-17-20(29-2)18-16-19/h15-18,21-23H,3-14H2,1-2H3,(H,26,27)/t21-,22+,23-/m0/s1. The van der Waals surface area contributed by atoms with Crippen LogP contribution in [-0.2, 0) is 14.3 Å². The highest BCUT2D eigenvalue weighted by Crippen LogP contribution is 2.39. The molecule has 1 aromatic rings. The number of hydrogen-bond acceptors (Lipinski definition) is 4. The number of hydrogen-bond donors (Lipinski definition) is 1. The number of carbonyl (C=O) groups is 2. The fourth-order valence-corrected chi connectivity index (χ4v) is 4.36. The lowest BCUT2D eigenvalue weighted by Gasteiger charge is -2.17. The van der Waals surface area contributed by atoms with E-state index < -0.39 is 29.9 Å². The summed E-state index contributed by atoms with van der Waals surface area (Å²) < 4.78 is 10.6. The van der Waals surface area contributed by atoms with Gasteiger partial charge in [-0.1, -0.05) is 83.3 Å². The van der Waals surface area contributed by atoms with E-state index in [1.807, 2.05) is 0 Å². The number of unbranched alkanes of at least 4 members (excludes halogenated alkanes) is 10. The number of ether oxygens (including phenoxy) is 2. The molecule has 0 radical (unpaired) electrons. The van der Waals surface area contributed by atoms with Crippen molar-refractivity contribution in [1.29, 1.82) is 0 Å². The molecule has 1 heterocycles. The molecule has 2 rings (SSSR count). The van der Waals surface area contributed by atoms with Crippen molar-refractivity contribution >= 4 is 11.9 Å². The van der Waals surface area contributed by atoms with Crippen LogP contribution in [0.15, 0.2) is 24.3 Å². The minimum absolute atomic E-state index is 0.430. The predicted molar refractivity (Wildman–Crippen MR) is 118 cm³/mol. The zero-order valence-corrected chi connectivity index (χ0v) is 18.6. The second-order valence-electron chi connectivity index (χ2n) is 8.41. The quantitative estimate of drug-likeness (QED) is 0.275. The molecule has 30 heavy (non-hydrogen) atoms. The van der Waals surface area contributed by atoms with Gasteiger partial charge in [-0.15, -0.1) is 0 Å². The van der Waals surface area contributed by atoms with Gasteiger partial charge < -0.3 is 14.6 Å². The molecule has 1 fully saturated rings. The Morgan fingerprint density at radius 3 is 1.97 bits per heavy atom. The number of carbonyl (C=O) groups excluding carboxylic acids is 1. The van der Waals surface area contributed by atoms with Crippen molar-refractivity contribution in [2.24, 2.45) is 5.92 Å². The highest BCUT2D eigenvalue weighted by Gasteiger charge is 2.49. The number of rotatable bonds is 15. The number of cyclic esters (lactones) is 1. The van der Waals surface area contributed by atoms with E-state index in [0.717, 1.165) is 19.3 Å². The minimum atomic E-state index is -0.963. The maximum atomic E-state index is 12.4. The molecule has 0 amide bonds. The zero-order valence-electron chi connectivity index (χ0n) is 18.6. The molecule has 0 unspecified atom stereocenters. The second-order valence-corrected chi connectivity index (χ2v) is 8.41. The second kappa shape index (κ2) is 13.3. The molecule has 5 heteroatoms. The van der Waals surface area contributed by atoms with Gasteiger partial charge in [-0.05, 0) is 30.5 Å². The van der Waals surface area contributed by atoms with Crippen molar-refractivity contribution in [2.45, 2.75) is 96.0 Å². The predicted octanol–water partition coefficient (Wildman–Crippen LogP) is 6.11.